The first kappa shape index (κ1) is 12.4. The van der Waals surface area contributed by atoms with Crippen molar-refractivity contribution in [3.63, 3.8) is 0 Å². The Kier molecular flexibility index (Phi) is 5.71. The summed E-state index contributed by atoms with van der Waals surface area (Å²) >= 11 is 0. The van der Waals surface area contributed by atoms with Gasteiger partial charge in [-0.05, 0) is 12.8 Å². The average Bonchev–Trinajstić information content (AvgIpc) is 2.43. The van der Waals surface area contributed by atoms with Crippen LogP contribution < -0.4 is 0 Å². The van der Waals surface area contributed by atoms with E-state index in [2.05, 4.69) is 0 Å². The molecule has 0 aromatic carbocycles. The highest BCUT2D eigenvalue weighted by molar-refractivity contribution is 5.79. The summed E-state index contributed by atoms with van der Waals surface area (Å²) < 4.78 is 0. The van der Waals surface area contributed by atoms with Crippen LogP contribution in [-0.2, 0) is 4.79 Å². The third-order valence-electron chi connectivity index (χ3n) is 2.40. The number of nitrogens with zero attached hydrogens (tertiary/aromatic N) is 1. The minimum absolute atomic E-state index is 0.0625. The molecule has 1 saturated heterocycles. The van der Waals surface area contributed by atoms with Crippen LogP contribution in [0.5, 0.6) is 0 Å². The normalized spacial score (nSPS) is 27.2. The second-order valence-corrected chi connectivity index (χ2v) is 3.11. The quantitative estimate of drug-likeness (QED) is 0.707. The Morgan fingerprint density at radius 1 is 1.54 bits per heavy atom. The van der Waals surface area contributed by atoms with Crippen LogP contribution in [-0.4, -0.2) is 35.1 Å². The molecule has 3 heteroatoms. The van der Waals surface area contributed by atoms with E-state index in [0.717, 1.165) is 0 Å². The van der Waals surface area contributed by atoms with E-state index >= 15 is 0 Å². The van der Waals surface area contributed by atoms with E-state index < -0.39 is 0 Å². The van der Waals surface area contributed by atoms with Crippen molar-refractivity contribution in [2.24, 2.45) is 5.92 Å². The molecule has 0 saturated carbocycles. The molecule has 1 N–H and O–H groups in total. The van der Waals surface area contributed by atoms with E-state index in [4.69, 9.17) is 5.11 Å². The number of likely N-dealkylation sites (tertiary alicyclic amines) is 1. The van der Waals surface area contributed by atoms with Crippen LogP contribution in [0.2, 0.25) is 0 Å². The minimum Gasteiger partial charge on any atom is -0.394 e. The van der Waals surface area contributed by atoms with Gasteiger partial charge in [0.05, 0.1) is 12.6 Å². The van der Waals surface area contributed by atoms with E-state index in [1.807, 2.05) is 27.7 Å². The SMILES string of the molecule is CC.CCN1C(=O)CC(C)C1CO. The van der Waals surface area contributed by atoms with Crippen molar-refractivity contribution in [2.45, 2.75) is 40.2 Å². The largest absolute Gasteiger partial charge is 0.394 e. The highest BCUT2D eigenvalue weighted by atomic mass is 16.3. The molecule has 2 atom stereocenters. The molecule has 13 heavy (non-hydrogen) atoms. The lowest BCUT2D eigenvalue weighted by atomic mass is 10.0. The Balaban J connectivity index is 0.000000671. The van der Waals surface area contributed by atoms with E-state index in [9.17, 15) is 4.79 Å². The lowest BCUT2D eigenvalue weighted by Crippen LogP contribution is -2.37. The Labute approximate surface area is 80.7 Å². The number of amides is 1. The fourth-order valence-corrected chi connectivity index (χ4v) is 1.71. The van der Waals surface area contributed by atoms with Crippen molar-refractivity contribution in [2.75, 3.05) is 13.2 Å². The van der Waals surface area contributed by atoms with Gasteiger partial charge in [-0.1, -0.05) is 20.8 Å². The van der Waals surface area contributed by atoms with Gasteiger partial charge in [-0.2, -0.15) is 0 Å². The van der Waals surface area contributed by atoms with Crippen LogP contribution in [0.15, 0.2) is 0 Å². The smallest absolute Gasteiger partial charge is 0.223 e. The molecule has 0 bridgehead atoms. The molecule has 1 heterocycles. The Morgan fingerprint density at radius 3 is 2.38 bits per heavy atom. The fraction of sp³-hybridized carbons (Fsp3) is 0.900. The van der Waals surface area contributed by atoms with Gasteiger partial charge in [0.15, 0.2) is 0 Å². The number of aliphatic hydroxyl groups is 1. The van der Waals surface area contributed by atoms with E-state index in [1.165, 1.54) is 0 Å². The summed E-state index contributed by atoms with van der Waals surface area (Å²) in [6.07, 6.45) is 0.596. The molecule has 1 fully saturated rings. The van der Waals surface area contributed by atoms with E-state index in [-0.39, 0.29) is 18.6 Å². The predicted octanol–water partition coefficient (Wildman–Crippen LogP) is 1.26. The maximum atomic E-state index is 11.2. The minimum atomic E-state index is 0.0625. The number of hydrogen-bond donors (Lipinski definition) is 1. The monoisotopic (exact) mass is 187 g/mol. The first-order valence-electron chi connectivity index (χ1n) is 5.11. The molecular weight excluding hydrogens is 166 g/mol. The number of carbonyl (C=O) groups is 1. The summed E-state index contributed by atoms with van der Waals surface area (Å²) in [5, 5.41) is 8.96. The van der Waals surface area contributed by atoms with E-state index in [0.29, 0.717) is 18.9 Å². The lowest BCUT2D eigenvalue weighted by molar-refractivity contribution is -0.129. The molecule has 2 unspecified atom stereocenters. The molecular formula is C10H21NO2. The zero-order chi connectivity index (χ0) is 10.4. The van der Waals surface area contributed by atoms with Gasteiger partial charge in [-0.15, -0.1) is 0 Å². The van der Waals surface area contributed by atoms with Crippen molar-refractivity contribution in [1.82, 2.24) is 4.90 Å². The zero-order valence-electron chi connectivity index (χ0n) is 9.08. The lowest BCUT2D eigenvalue weighted by Gasteiger charge is -2.23. The maximum Gasteiger partial charge on any atom is 0.223 e. The zero-order valence-corrected chi connectivity index (χ0v) is 9.08. The van der Waals surface area contributed by atoms with Gasteiger partial charge in [0.1, 0.15) is 0 Å². The second-order valence-electron chi connectivity index (χ2n) is 3.11. The van der Waals surface area contributed by atoms with Gasteiger partial charge in [-0.3, -0.25) is 4.79 Å². The van der Waals surface area contributed by atoms with Crippen molar-refractivity contribution in [1.29, 1.82) is 0 Å². The molecule has 1 amide bonds. The van der Waals surface area contributed by atoms with Gasteiger partial charge >= 0.3 is 0 Å². The van der Waals surface area contributed by atoms with Crippen LogP contribution in [0, 0.1) is 5.92 Å². The highest BCUT2D eigenvalue weighted by Crippen LogP contribution is 2.23. The molecule has 3 nitrogen and oxygen atoms in total. The number of carbonyl (C=O) groups excluding carboxylic acids is 1. The molecule has 0 aliphatic carbocycles. The number of hydrogen-bond acceptors (Lipinski definition) is 2. The number of likely N-dealkylation sites (N-methyl/N-ethyl adjacent to an activating group) is 1. The number of rotatable bonds is 2. The summed E-state index contributed by atoms with van der Waals surface area (Å²) in [6, 6.07) is 0.0625. The molecule has 78 valence electrons. The van der Waals surface area contributed by atoms with Crippen LogP contribution in [0.3, 0.4) is 0 Å². The molecule has 1 aliphatic heterocycles. The van der Waals surface area contributed by atoms with E-state index in [1.54, 1.807) is 4.90 Å². The predicted molar refractivity (Wildman–Crippen MR) is 53.4 cm³/mol. The highest BCUT2D eigenvalue weighted by Gasteiger charge is 2.35. The van der Waals surface area contributed by atoms with Gasteiger partial charge in [0, 0.05) is 13.0 Å². The molecule has 1 rings (SSSR count). The molecule has 0 aromatic rings. The summed E-state index contributed by atoms with van der Waals surface area (Å²) in [5.41, 5.74) is 0. The first-order valence-corrected chi connectivity index (χ1v) is 5.11. The van der Waals surface area contributed by atoms with Crippen LogP contribution in [0.25, 0.3) is 0 Å². The van der Waals surface area contributed by atoms with Crippen molar-refractivity contribution < 1.29 is 9.90 Å². The Bertz CT molecular complexity index is 159. The maximum absolute atomic E-state index is 11.2. The van der Waals surface area contributed by atoms with Crippen molar-refractivity contribution >= 4 is 5.91 Å². The Hall–Kier alpha value is -0.570. The fourth-order valence-electron chi connectivity index (χ4n) is 1.71. The van der Waals surface area contributed by atoms with Crippen LogP contribution in [0.4, 0.5) is 0 Å². The van der Waals surface area contributed by atoms with Crippen LogP contribution in [0.1, 0.15) is 34.1 Å². The summed E-state index contributed by atoms with van der Waals surface area (Å²) in [5.74, 6) is 0.492. The van der Waals surface area contributed by atoms with Crippen molar-refractivity contribution in [3.05, 3.63) is 0 Å². The molecule has 0 radical (unpaired) electrons. The first-order chi connectivity index (χ1) is 6.20. The third kappa shape index (κ3) is 2.69. The van der Waals surface area contributed by atoms with Crippen molar-refractivity contribution in [3.8, 4) is 0 Å². The average molecular weight is 187 g/mol. The molecule has 0 spiro atoms. The summed E-state index contributed by atoms with van der Waals surface area (Å²) in [6.45, 7) is 8.77. The second kappa shape index (κ2) is 5.97. The van der Waals surface area contributed by atoms with Gasteiger partial charge in [0.25, 0.3) is 0 Å². The van der Waals surface area contributed by atoms with Gasteiger partial charge < -0.3 is 10.0 Å². The van der Waals surface area contributed by atoms with Gasteiger partial charge in [-0.25, -0.2) is 0 Å². The topological polar surface area (TPSA) is 40.5 Å². The standard InChI is InChI=1S/C8H15NO2.C2H6/c1-3-9-7(5-10)6(2)4-8(9)11;1-2/h6-7,10H,3-5H2,1-2H3;1-2H3. The molecule has 1 aliphatic rings. The van der Waals surface area contributed by atoms with Gasteiger partial charge in [0.2, 0.25) is 5.91 Å². The van der Waals surface area contributed by atoms with Crippen LogP contribution >= 0.6 is 0 Å². The summed E-state index contributed by atoms with van der Waals surface area (Å²) in [4.78, 5) is 13.0. The summed E-state index contributed by atoms with van der Waals surface area (Å²) in [7, 11) is 0. The molecule has 0 aromatic heterocycles. The number of aliphatic hydroxyl groups excluding tert-OH is 1. The third-order valence-corrected chi connectivity index (χ3v) is 2.40. The Morgan fingerprint density at radius 2 is 2.08 bits per heavy atom.